The Morgan fingerprint density at radius 2 is 0.847 bits per heavy atom. The second-order valence-electron chi connectivity index (χ2n) is 28.4. The van der Waals surface area contributed by atoms with E-state index in [0.29, 0.717) is 64.6 Å². The number of aliphatic hydroxyl groups excluding tert-OH is 1. The first-order valence-corrected chi connectivity index (χ1v) is 46.7. The van der Waals surface area contributed by atoms with Crippen molar-refractivity contribution in [2.75, 3.05) is 60.7 Å². The number of rotatable bonds is 30. The molecule has 2 fully saturated rings. The molecule has 2 saturated heterocycles. The number of urea groups is 2. The Morgan fingerprint density at radius 1 is 0.468 bits per heavy atom. The lowest BCUT2D eigenvalue weighted by molar-refractivity contribution is -0.149. The van der Waals surface area contributed by atoms with Crippen molar-refractivity contribution in [1.82, 2.24) is 69.4 Å². The molecular formula is C80H104Cl4N19O18P3. The van der Waals surface area contributed by atoms with Crippen LogP contribution in [0.15, 0.2) is 177 Å². The molecular weight excluding hydrogens is 1750 g/mol. The lowest BCUT2D eigenvalue weighted by Gasteiger charge is -2.26. The fourth-order valence-corrected chi connectivity index (χ4v) is 15.1. The number of halogens is 4. The summed E-state index contributed by atoms with van der Waals surface area (Å²) in [6, 6.07) is 37.8. The minimum atomic E-state index is -4.11. The summed E-state index contributed by atoms with van der Waals surface area (Å²) in [5.74, 6) is 1.23. The average molecular weight is 1850 g/mol. The summed E-state index contributed by atoms with van der Waals surface area (Å²) in [6.07, 6.45) is 8.06. The lowest BCUT2D eigenvalue weighted by atomic mass is 10.1. The van der Waals surface area contributed by atoms with Gasteiger partial charge in [-0.3, -0.25) is 49.8 Å². The van der Waals surface area contributed by atoms with Gasteiger partial charge in [0.15, 0.2) is 11.6 Å². The van der Waals surface area contributed by atoms with E-state index in [4.69, 9.17) is 67.2 Å². The van der Waals surface area contributed by atoms with Crippen LogP contribution in [-0.4, -0.2) is 182 Å². The molecule has 0 spiro atoms. The van der Waals surface area contributed by atoms with Gasteiger partial charge in [-0.2, -0.15) is 5.09 Å². The van der Waals surface area contributed by atoms with Crippen molar-refractivity contribution in [3.8, 4) is 40.3 Å². The molecule has 124 heavy (non-hydrogen) atoms. The number of aliphatic hydroxyl groups is 1. The van der Waals surface area contributed by atoms with Crippen LogP contribution < -0.4 is 50.7 Å². The highest BCUT2D eigenvalue weighted by molar-refractivity contribution is 8.05. The minimum absolute atomic E-state index is 0. The number of hydrogen-bond acceptors (Lipinski definition) is 27. The van der Waals surface area contributed by atoms with Gasteiger partial charge >= 0.3 is 50.7 Å². The molecule has 3 aromatic carbocycles. The number of para-hydroxylation sites is 3. The number of ether oxygens (including phenoxy) is 3. The molecule has 2 aliphatic rings. The number of anilines is 4. The number of carbonyl (C=O) groups is 7. The molecule has 9 aromatic rings. The van der Waals surface area contributed by atoms with Crippen LogP contribution in [0, 0.1) is 0 Å². The third-order valence-electron chi connectivity index (χ3n) is 16.8. The normalized spacial score (nSPS) is 14.5. The van der Waals surface area contributed by atoms with E-state index in [1.54, 1.807) is 216 Å². The number of aromatic nitrogens is 10. The van der Waals surface area contributed by atoms with E-state index in [0.717, 1.165) is 51.6 Å². The summed E-state index contributed by atoms with van der Waals surface area (Å²) in [5, 5.41) is 41.4. The van der Waals surface area contributed by atoms with E-state index in [9.17, 15) is 52.4 Å². The van der Waals surface area contributed by atoms with Crippen LogP contribution in [0.5, 0.6) is 17.2 Å². The van der Waals surface area contributed by atoms with Crippen molar-refractivity contribution in [3.63, 3.8) is 0 Å². The van der Waals surface area contributed by atoms with E-state index >= 15 is 0 Å². The molecule has 44 heteroatoms. The molecule has 11 rings (SSSR count). The summed E-state index contributed by atoms with van der Waals surface area (Å²) in [6.45, 7) is 17.8. The summed E-state index contributed by atoms with van der Waals surface area (Å²) in [7, 11) is -4.11. The zero-order valence-corrected chi connectivity index (χ0v) is 75.8. The Hall–Kier alpha value is -10.5. The highest BCUT2D eigenvalue weighted by Gasteiger charge is 2.35. The Balaban J connectivity index is 0.000000276. The number of esters is 3. The Bertz CT molecular complexity index is 5040. The maximum atomic E-state index is 13.9. The maximum absolute atomic E-state index is 13.9. The number of benzene rings is 3. The number of pyridine rings is 4. The molecule has 0 bridgehead atoms. The number of nitrogens with one attached hydrogen (secondary N) is 6. The third kappa shape index (κ3) is 36.0. The van der Waals surface area contributed by atoms with E-state index < -0.39 is 68.9 Å². The lowest BCUT2D eigenvalue weighted by Crippen LogP contribution is -2.36. The van der Waals surface area contributed by atoms with Crippen LogP contribution in [0.2, 0.25) is 0 Å². The maximum Gasteiger partial charge on any atom is 0.459 e. The van der Waals surface area contributed by atoms with Gasteiger partial charge in [-0.25, -0.2) is 48.3 Å². The number of likely N-dealkylation sites (tertiary alicyclic amines) is 2. The number of hydrogen-bond donors (Lipinski definition) is 8. The molecule has 670 valence electrons. The second kappa shape index (κ2) is 51.0. The molecule has 9 N–H and O–H groups in total. The average Bonchev–Trinajstić information content (AvgIpc) is 1.62. The van der Waals surface area contributed by atoms with Gasteiger partial charge in [0.1, 0.15) is 82.7 Å². The van der Waals surface area contributed by atoms with E-state index in [1.807, 2.05) is 16.7 Å². The first-order chi connectivity index (χ1) is 58.5. The van der Waals surface area contributed by atoms with Crippen LogP contribution in [0.1, 0.15) is 147 Å². The van der Waals surface area contributed by atoms with Crippen LogP contribution in [0.25, 0.3) is 23.0 Å². The molecule has 0 radical (unpaired) electrons. The Morgan fingerprint density at radius 3 is 1.23 bits per heavy atom. The van der Waals surface area contributed by atoms with E-state index in [2.05, 4.69) is 76.3 Å². The van der Waals surface area contributed by atoms with Crippen molar-refractivity contribution >= 4 is 132 Å². The molecule has 0 saturated carbocycles. The predicted octanol–water partition coefficient (Wildman–Crippen LogP) is 16.0. The second-order valence-corrected chi connectivity index (χ2v) is 37.0. The van der Waals surface area contributed by atoms with Gasteiger partial charge in [0.2, 0.25) is 0 Å². The Kier molecular flexibility index (Phi) is 42.1. The van der Waals surface area contributed by atoms with E-state index in [-0.39, 0.29) is 91.0 Å². The molecule has 2 unspecified atom stereocenters. The van der Waals surface area contributed by atoms with Crippen molar-refractivity contribution in [2.45, 2.75) is 163 Å². The van der Waals surface area contributed by atoms with Gasteiger partial charge < -0.3 is 57.6 Å². The molecule has 6 aromatic heterocycles. The SMILES string of the molecule is CC(C)OC(=O)[C@H](C)N.CC(C)OC(=O)[C@H](C)NP(=O)(Cl)Oc1ccccc1.CC(C)OC(=O)[C@H](C)NP(=O)(OC[C@@H](C)n1cnnc1-c1cccc(NC(=O)Nc2cc(C(=O)N3CCCCC3)ccn2)n1)Oc1ccccc1.C[C@H](CO)n1cnnc1-c1cccc(NC(=O)Nc2cc(C(=O)N3CCCCC3)ccn2)n1.Cl.O=P(Cl)(Cl)Oc1ccccc1. The first-order valence-electron chi connectivity index (χ1n) is 39.2. The van der Waals surface area contributed by atoms with Gasteiger partial charge in [0.25, 0.3) is 11.8 Å². The van der Waals surface area contributed by atoms with Gasteiger partial charge in [-0.05, 0) is 200 Å². The molecule has 6 amide bonds. The van der Waals surface area contributed by atoms with Gasteiger partial charge in [0.05, 0.1) is 43.6 Å². The number of amides is 6. The number of piperidine rings is 2. The number of nitrogens with two attached hydrogens (primary N) is 1. The summed E-state index contributed by atoms with van der Waals surface area (Å²) in [5.41, 5.74) is 7.02. The Labute approximate surface area is 739 Å². The van der Waals surface area contributed by atoms with Crippen LogP contribution in [-0.2, 0) is 46.8 Å². The first kappa shape index (κ1) is 102. The molecule has 7 atom stereocenters. The fraction of sp³-hybridized carbons (Fsp3) is 0.388. The molecule has 0 aliphatic carbocycles. The van der Waals surface area contributed by atoms with Gasteiger partial charge in [-0.1, -0.05) is 66.7 Å². The van der Waals surface area contributed by atoms with E-state index in [1.165, 1.54) is 38.9 Å². The van der Waals surface area contributed by atoms with Crippen LogP contribution in [0.3, 0.4) is 0 Å². The topological polar surface area (TPSA) is 473 Å². The number of nitrogens with zero attached hydrogens (tertiary/aromatic N) is 12. The molecule has 2 aliphatic heterocycles. The van der Waals surface area contributed by atoms with Crippen LogP contribution in [0.4, 0.5) is 32.9 Å². The highest BCUT2D eigenvalue weighted by Crippen LogP contribution is 2.57. The fourth-order valence-electron chi connectivity index (χ4n) is 11.0. The summed E-state index contributed by atoms with van der Waals surface area (Å²) >= 11 is 16.1. The molecule has 8 heterocycles. The van der Waals surface area contributed by atoms with Gasteiger partial charge in [-0.15, -0.1) is 32.8 Å². The summed E-state index contributed by atoms with van der Waals surface area (Å²) in [4.78, 5) is 107. The van der Waals surface area contributed by atoms with Gasteiger partial charge in [0, 0.05) is 83.4 Å². The number of carbonyl (C=O) groups excluding carboxylic acids is 7. The van der Waals surface area contributed by atoms with Crippen molar-refractivity contribution < 1.29 is 84.7 Å². The molecule has 37 nitrogen and oxygen atoms in total. The van der Waals surface area contributed by atoms with Crippen molar-refractivity contribution in [2.24, 2.45) is 5.73 Å². The predicted molar refractivity (Wildman–Crippen MR) is 474 cm³/mol. The van der Waals surface area contributed by atoms with Crippen LogP contribution >= 0.6 is 66.8 Å². The third-order valence-corrected chi connectivity index (χ3v) is 20.9. The largest absolute Gasteiger partial charge is 0.462 e. The van der Waals surface area contributed by atoms with Crippen molar-refractivity contribution in [3.05, 3.63) is 188 Å². The zero-order valence-electron chi connectivity index (χ0n) is 70.1. The zero-order chi connectivity index (χ0) is 89.8. The highest BCUT2D eigenvalue weighted by atomic mass is 35.9. The minimum Gasteiger partial charge on any atom is -0.462 e. The quantitative estimate of drug-likeness (QED) is 0.0118. The monoisotopic (exact) mass is 1850 g/mol. The summed E-state index contributed by atoms with van der Waals surface area (Å²) < 4.78 is 76.4. The smallest absolute Gasteiger partial charge is 0.459 e. The standard InChI is InChI=1S/C34H42N9O7P.C22H26N8O3.C12H17ClNO4P.C6H5Cl2O2P.C6H13NO2.ClH/c1-23(2)49-33(45)25(4)41-51(47,50-27-12-7-5-8-13-27)48-21-24(3)43-22-36-40-31(43)28-14-11-15-29(37-28)38-34(46)39-30-20-26(16-17-35-30)32(44)42-18-9-6-10-19-42;1-15(13-31)30-14-24-28-20(30)17-6-5-7-18(25-17)26-22(33)27-19-12-16(8-9-23-19)21(32)29-10-3-2-4-11-29;1-9(2)17-12(15)10(3)14-19(13,16)18-11-7-5-4-6-8-11;7-11(8,9)10-6-4-2-1-3-5-6;1-4(2)9-6(8)5(3)7;/h5,7-8,11-17,20,22-25H,6,9-10,18-19,21H2,1-4H3,(H,41,47)(H2,35,37,38,39,46);5-9,12,14-15,31H,2-4,10-11,13H2,1H3,(H2,23,25,26,27,33);4-10H,1-3H3,(H,14,16);1-5H;4-5H,7H2,1-3H3;1H/t24-,25+,51?;15-;10-,19?;;5-;/m110.0./s1. The van der Waals surface area contributed by atoms with Crippen molar-refractivity contribution in [1.29, 1.82) is 0 Å².